The largest absolute Gasteiger partial charge is 0.154 e. The minimum Gasteiger partial charge on any atom is -0.154 e. The van der Waals surface area contributed by atoms with Crippen molar-refractivity contribution in [3.63, 3.8) is 0 Å². The van der Waals surface area contributed by atoms with Crippen LogP contribution < -0.4 is 0 Å². The van der Waals surface area contributed by atoms with Crippen LogP contribution in [0.4, 0.5) is 0 Å². The zero-order valence-corrected chi connectivity index (χ0v) is 10.4. The smallest absolute Gasteiger partial charge is 0.0233 e. The highest BCUT2D eigenvalue weighted by Crippen LogP contribution is 2.20. The van der Waals surface area contributed by atoms with Gasteiger partial charge >= 0.3 is 0 Å². The van der Waals surface area contributed by atoms with Crippen molar-refractivity contribution in [1.82, 2.24) is 0 Å². The van der Waals surface area contributed by atoms with Crippen LogP contribution in [0.25, 0.3) is 0 Å². The first kappa shape index (κ1) is 11.9. The quantitative estimate of drug-likeness (QED) is 0.680. The molecule has 2 heteroatoms. The van der Waals surface area contributed by atoms with Gasteiger partial charge in [0, 0.05) is 16.9 Å². The number of benzene rings is 1. The third-order valence-electron chi connectivity index (χ3n) is 2.13. The van der Waals surface area contributed by atoms with Crippen molar-refractivity contribution >= 4 is 23.4 Å². The lowest BCUT2D eigenvalue weighted by Crippen LogP contribution is -1.97. The minimum atomic E-state index is 0.660. The zero-order valence-electron chi connectivity index (χ0n) is 8.79. The van der Waals surface area contributed by atoms with E-state index in [1.165, 1.54) is 11.1 Å². The van der Waals surface area contributed by atoms with Crippen LogP contribution in [0, 0.1) is 6.92 Å². The maximum atomic E-state index is 5.69. The number of aryl methyl sites for hydroxylation is 1. The predicted molar refractivity (Wildman–Crippen MR) is 67.3 cm³/mol. The van der Waals surface area contributed by atoms with Gasteiger partial charge in [0.15, 0.2) is 0 Å². The van der Waals surface area contributed by atoms with Gasteiger partial charge in [0.05, 0.1) is 0 Å². The Kier molecular flexibility index (Phi) is 5.42. The summed E-state index contributed by atoms with van der Waals surface area (Å²) in [7, 11) is 0. The number of hydrogen-bond acceptors (Lipinski definition) is 1. The van der Waals surface area contributed by atoms with Crippen molar-refractivity contribution in [2.75, 3.05) is 5.88 Å². The van der Waals surface area contributed by atoms with Gasteiger partial charge in [-0.3, -0.25) is 0 Å². The molecule has 0 heterocycles. The Balaban J connectivity index is 2.37. The van der Waals surface area contributed by atoms with E-state index in [0.29, 0.717) is 5.25 Å². The first-order valence-electron chi connectivity index (χ1n) is 4.95. The van der Waals surface area contributed by atoms with Crippen LogP contribution in [0.3, 0.4) is 0 Å². The van der Waals surface area contributed by atoms with Gasteiger partial charge in [-0.15, -0.1) is 11.6 Å². The van der Waals surface area contributed by atoms with E-state index in [0.717, 1.165) is 18.1 Å². The Labute approximate surface area is 96.0 Å². The van der Waals surface area contributed by atoms with E-state index in [1.807, 2.05) is 11.8 Å². The van der Waals surface area contributed by atoms with Crippen molar-refractivity contribution in [3.05, 3.63) is 35.4 Å². The average Bonchev–Trinajstić information content (AvgIpc) is 2.15. The molecule has 1 rings (SSSR count). The van der Waals surface area contributed by atoms with E-state index in [2.05, 4.69) is 38.1 Å². The SMILES string of the molecule is Cc1cccc(CSC(C)CCCl)c1. The molecule has 0 saturated carbocycles. The molecule has 78 valence electrons. The summed E-state index contributed by atoms with van der Waals surface area (Å²) in [6.07, 6.45) is 1.10. The maximum absolute atomic E-state index is 5.69. The lowest BCUT2D eigenvalue weighted by molar-refractivity contribution is 0.912. The maximum Gasteiger partial charge on any atom is 0.0233 e. The normalized spacial score (nSPS) is 12.8. The Bertz CT molecular complexity index is 273. The highest BCUT2D eigenvalue weighted by Gasteiger charge is 2.02. The lowest BCUT2D eigenvalue weighted by atomic mass is 10.2. The molecule has 0 aromatic heterocycles. The van der Waals surface area contributed by atoms with Gasteiger partial charge in [-0.2, -0.15) is 11.8 Å². The highest BCUT2D eigenvalue weighted by molar-refractivity contribution is 7.99. The van der Waals surface area contributed by atoms with Crippen molar-refractivity contribution in [1.29, 1.82) is 0 Å². The first-order chi connectivity index (χ1) is 6.72. The number of alkyl halides is 1. The summed E-state index contributed by atoms with van der Waals surface area (Å²) in [5.41, 5.74) is 2.75. The van der Waals surface area contributed by atoms with E-state index in [1.54, 1.807) is 0 Å². The molecule has 0 aliphatic heterocycles. The van der Waals surface area contributed by atoms with E-state index in [-0.39, 0.29) is 0 Å². The van der Waals surface area contributed by atoms with Crippen LogP contribution >= 0.6 is 23.4 Å². The third kappa shape index (κ3) is 4.39. The second-order valence-electron chi connectivity index (χ2n) is 3.59. The van der Waals surface area contributed by atoms with Gasteiger partial charge in [0.2, 0.25) is 0 Å². The van der Waals surface area contributed by atoms with Crippen molar-refractivity contribution in [3.8, 4) is 0 Å². The molecule has 1 aromatic carbocycles. The molecule has 0 amide bonds. The van der Waals surface area contributed by atoms with Crippen LogP contribution in [0.2, 0.25) is 0 Å². The fraction of sp³-hybridized carbons (Fsp3) is 0.500. The van der Waals surface area contributed by atoms with Crippen LogP contribution in [-0.4, -0.2) is 11.1 Å². The van der Waals surface area contributed by atoms with E-state index >= 15 is 0 Å². The van der Waals surface area contributed by atoms with E-state index in [9.17, 15) is 0 Å². The Morgan fingerprint density at radius 1 is 1.43 bits per heavy atom. The summed E-state index contributed by atoms with van der Waals surface area (Å²) >= 11 is 7.67. The summed E-state index contributed by atoms with van der Waals surface area (Å²) in [6.45, 7) is 4.37. The molecule has 0 nitrogen and oxygen atoms in total. The number of thioether (sulfide) groups is 1. The molecule has 0 aliphatic carbocycles. The van der Waals surface area contributed by atoms with Crippen LogP contribution in [-0.2, 0) is 5.75 Å². The summed E-state index contributed by atoms with van der Waals surface area (Å²) in [6, 6.07) is 8.70. The van der Waals surface area contributed by atoms with Gasteiger partial charge in [-0.05, 0) is 18.9 Å². The van der Waals surface area contributed by atoms with Gasteiger partial charge < -0.3 is 0 Å². The molecule has 0 fully saturated rings. The van der Waals surface area contributed by atoms with Gasteiger partial charge in [-0.25, -0.2) is 0 Å². The van der Waals surface area contributed by atoms with Crippen LogP contribution in [0.1, 0.15) is 24.5 Å². The first-order valence-corrected chi connectivity index (χ1v) is 6.54. The Hall–Kier alpha value is -0.140. The summed E-state index contributed by atoms with van der Waals surface area (Å²) < 4.78 is 0. The number of hydrogen-bond donors (Lipinski definition) is 0. The standard InChI is InChI=1S/C12H17ClS/c1-10-4-3-5-12(8-10)9-14-11(2)6-7-13/h3-5,8,11H,6-7,9H2,1-2H3. The summed E-state index contributed by atoms with van der Waals surface area (Å²) in [5, 5.41) is 0.660. The van der Waals surface area contributed by atoms with E-state index < -0.39 is 0 Å². The average molecular weight is 229 g/mol. The second-order valence-corrected chi connectivity index (χ2v) is 5.39. The molecular formula is C12H17ClS. The molecule has 0 spiro atoms. The molecule has 0 radical (unpaired) electrons. The molecule has 1 aromatic rings. The molecule has 1 atom stereocenters. The molecule has 0 aliphatic rings. The topological polar surface area (TPSA) is 0 Å². The highest BCUT2D eigenvalue weighted by atomic mass is 35.5. The monoisotopic (exact) mass is 228 g/mol. The summed E-state index contributed by atoms with van der Waals surface area (Å²) in [4.78, 5) is 0. The van der Waals surface area contributed by atoms with Gasteiger partial charge in [0.1, 0.15) is 0 Å². The fourth-order valence-corrected chi connectivity index (χ4v) is 2.68. The number of halogens is 1. The van der Waals surface area contributed by atoms with Crippen molar-refractivity contribution in [2.45, 2.75) is 31.3 Å². The Morgan fingerprint density at radius 3 is 2.86 bits per heavy atom. The Morgan fingerprint density at radius 2 is 2.21 bits per heavy atom. The van der Waals surface area contributed by atoms with Crippen molar-refractivity contribution < 1.29 is 0 Å². The predicted octanol–water partition coefficient (Wildman–Crippen LogP) is 4.25. The molecule has 14 heavy (non-hydrogen) atoms. The molecule has 1 unspecified atom stereocenters. The zero-order chi connectivity index (χ0) is 10.4. The van der Waals surface area contributed by atoms with Gasteiger partial charge in [-0.1, -0.05) is 36.8 Å². The third-order valence-corrected chi connectivity index (χ3v) is 3.66. The lowest BCUT2D eigenvalue weighted by Gasteiger charge is -2.09. The molecule has 0 bridgehead atoms. The minimum absolute atomic E-state index is 0.660. The summed E-state index contributed by atoms with van der Waals surface area (Å²) in [5.74, 6) is 1.86. The molecular weight excluding hydrogens is 212 g/mol. The van der Waals surface area contributed by atoms with Crippen molar-refractivity contribution in [2.24, 2.45) is 0 Å². The molecule has 0 N–H and O–H groups in total. The second kappa shape index (κ2) is 6.36. The molecule has 0 saturated heterocycles. The number of rotatable bonds is 5. The fourth-order valence-electron chi connectivity index (χ4n) is 1.28. The van der Waals surface area contributed by atoms with Crippen LogP contribution in [0.5, 0.6) is 0 Å². The van der Waals surface area contributed by atoms with Gasteiger partial charge in [0.25, 0.3) is 0 Å². The van der Waals surface area contributed by atoms with Crippen LogP contribution in [0.15, 0.2) is 24.3 Å². The van der Waals surface area contributed by atoms with E-state index in [4.69, 9.17) is 11.6 Å².